The Hall–Kier alpha value is 1.34. The van der Waals surface area contributed by atoms with Crippen molar-refractivity contribution in [2.75, 3.05) is 12.5 Å². The SMILES string of the molecule is OCC(CCCCl)[Si](Cl)(Cl)Cl. The molecule has 0 bridgehead atoms. The molecule has 1 nitrogen and oxygen atoms in total. The first-order valence-electron chi connectivity index (χ1n) is 3.26. The minimum absolute atomic E-state index is 0.0559. The number of rotatable bonds is 5. The van der Waals surface area contributed by atoms with Gasteiger partial charge >= 0.3 is 6.00 Å². The molecule has 1 atom stereocenters. The first kappa shape index (κ1) is 12.3. The Morgan fingerprint density at radius 2 is 1.82 bits per heavy atom. The Labute approximate surface area is 86.7 Å². The summed E-state index contributed by atoms with van der Waals surface area (Å²) < 4.78 is 0. The van der Waals surface area contributed by atoms with Crippen molar-refractivity contribution in [1.29, 1.82) is 0 Å². The van der Waals surface area contributed by atoms with Crippen molar-refractivity contribution in [1.82, 2.24) is 0 Å². The maximum absolute atomic E-state index is 8.83. The lowest BCUT2D eigenvalue weighted by Gasteiger charge is -2.18. The molecule has 0 aromatic carbocycles. The van der Waals surface area contributed by atoms with Crippen molar-refractivity contribution < 1.29 is 5.11 Å². The van der Waals surface area contributed by atoms with Gasteiger partial charge in [-0.05, 0) is 12.8 Å². The van der Waals surface area contributed by atoms with Gasteiger partial charge in [-0.3, -0.25) is 0 Å². The van der Waals surface area contributed by atoms with E-state index in [0.717, 1.165) is 6.42 Å². The summed E-state index contributed by atoms with van der Waals surface area (Å²) in [6, 6.07) is -2.72. The first-order chi connectivity index (χ1) is 5.02. The Morgan fingerprint density at radius 3 is 2.09 bits per heavy atom. The molecule has 0 aliphatic rings. The van der Waals surface area contributed by atoms with E-state index in [1.165, 1.54) is 0 Å². The zero-order valence-corrected chi connectivity index (χ0v) is 9.89. The van der Waals surface area contributed by atoms with E-state index in [2.05, 4.69) is 0 Å². The van der Waals surface area contributed by atoms with Gasteiger partial charge in [-0.1, -0.05) is 0 Å². The van der Waals surface area contributed by atoms with Crippen LogP contribution in [0.4, 0.5) is 0 Å². The molecular formula is C5H10Cl4OSi. The van der Waals surface area contributed by atoms with E-state index < -0.39 is 6.00 Å². The molecule has 0 heterocycles. The Kier molecular flexibility index (Phi) is 6.61. The fraction of sp³-hybridized carbons (Fsp3) is 1.00. The summed E-state index contributed by atoms with van der Waals surface area (Å²) in [6.07, 6.45) is 1.48. The van der Waals surface area contributed by atoms with E-state index in [1.807, 2.05) is 0 Å². The Morgan fingerprint density at radius 1 is 1.27 bits per heavy atom. The van der Waals surface area contributed by atoms with Crippen LogP contribution in [0.2, 0.25) is 5.54 Å². The van der Waals surface area contributed by atoms with Crippen molar-refractivity contribution in [2.45, 2.75) is 18.4 Å². The molecule has 0 saturated carbocycles. The van der Waals surface area contributed by atoms with Gasteiger partial charge < -0.3 is 5.11 Å². The second-order valence-electron chi connectivity index (χ2n) is 2.25. The highest BCUT2D eigenvalue weighted by Crippen LogP contribution is 2.36. The van der Waals surface area contributed by atoms with Crippen LogP contribution >= 0.6 is 44.8 Å². The molecule has 0 radical (unpaired) electrons. The average molecular weight is 256 g/mol. The molecule has 0 aliphatic heterocycles. The number of alkyl halides is 1. The highest BCUT2D eigenvalue weighted by molar-refractivity contribution is 7.65. The number of hydrogen-bond donors (Lipinski definition) is 1. The maximum Gasteiger partial charge on any atom is 0.346 e. The van der Waals surface area contributed by atoms with E-state index in [-0.39, 0.29) is 12.1 Å². The summed E-state index contributed by atoms with van der Waals surface area (Å²) in [5, 5.41) is 8.83. The normalized spacial score (nSPS) is 15.0. The van der Waals surface area contributed by atoms with Crippen LogP contribution in [0.5, 0.6) is 0 Å². The molecule has 1 unspecified atom stereocenters. The van der Waals surface area contributed by atoms with Crippen molar-refractivity contribution in [3.05, 3.63) is 0 Å². The van der Waals surface area contributed by atoms with Gasteiger partial charge in [-0.2, -0.15) is 0 Å². The fourth-order valence-corrected chi connectivity index (χ4v) is 3.18. The molecule has 68 valence electrons. The van der Waals surface area contributed by atoms with E-state index in [0.29, 0.717) is 12.3 Å². The Bertz CT molecular complexity index is 105. The van der Waals surface area contributed by atoms with E-state index in [9.17, 15) is 0 Å². The third-order valence-electron chi connectivity index (χ3n) is 1.37. The molecule has 11 heavy (non-hydrogen) atoms. The third-order valence-corrected chi connectivity index (χ3v) is 5.81. The van der Waals surface area contributed by atoms with E-state index >= 15 is 0 Å². The lowest BCUT2D eigenvalue weighted by molar-refractivity contribution is 0.283. The summed E-state index contributed by atoms with van der Waals surface area (Å²) in [7, 11) is 0. The lowest BCUT2D eigenvalue weighted by atomic mass is 10.2. The topological polar surface area (TPSA) is 20.2 Å². The van der Waals surface area contributed by atoms with Crippen LogP contribution in [-0.4, -0.2) is 23.6 Å². The van der Waals surface area contributed by atoms with Crippen LogP contribution in [0.15, 0.2) is 0 Å². The molecular weight excluding hydrogens is 246 g/mol. The van der Waals surface area contributed by atoms with Crippen LogP contribution < -0.4 is 0 Å². The molecule has 6 heteroatoms. The van der Waals surface area contributed by atoms with E-state index in [4.69, 9.17) is 49.9 Å². The van der Waals surface area contributed by atoms with Crippen LogP contribution in [0.25, 0.3) is 0 Å². The molecule has 1 N–H and O–H groups in total. The molecule has 0 aromatic rings. The highest BCUT2D eigenvalue weighted by atomic mass is 35.8. The van der Waals surface area contributed by atoms with Gasteiger partial charge in [0.25, 0.3) is 0 Å². The van der Waals surface area contributed by atoms with Crippen LogP contribution in [0.3, 0.4) is 0 Å². The summed E-state index contributed by atoms with van der Waals surface area (Å²) in [6.45, 7) is -0.0559. The predicted octanol–water partition coefficient (Wildman–Crippen LogP) is 3.02. The summed E-state index contributed by atoms with van der Waals surface area (Å²) >= 11 is 22.6. The number of halogens is 4. The third kappa shape index (κ3) is 5.56. The van der Waals surface area contributed by atoms with E-state index in [1.54, 1.807) is 0 Å². The van der Waals surface area contributed by atoms with Crippen molar-refractivity contribution in [3.8, 4) is 0 Å². The van der Waals surface area contributed by atoms with Crippen molar-refractivity contribution in [2.24, 2.45) is 0 Å². The van der Waals surface area contributed by atoms with Gasteiger partial charge in [0.15, 0.2) is 0 Å². The molecule has 0 spiro atoms. The largest absolute Gasteiger partial charge is 0.396 e. The maximum atomic E-state index is 8.83. The number of hydrogen-bond acceptors (Lipinski definition) is 1. The van der Waals surface area contributed by atoms with Gasteiger partial charge in [-0.15, -0.1) is 44.8 Å². The lowest BCUT2D eigenvalue weighted by Crippen LogP contribution is -2.23. The fourth-order valence-electron chi connectivity index (χ4n) is 0.682. The zero-order valence-electron chi connectivity index (χ0n) is 5.86. The van der Waals surface area contributed by atoms with Crippen LogP contribution in [0, 0.1) is 0 Å². The highest BCUT2D eigenvalue weighted by Gasteiger charge is 2.35. The van der Waals surface area contributed by atoms with Crippen molar-refractivity contribution >= 4 is 50.8 Å². The van der Waals surface area contributed by atoms with Gasteiger partial charge in [0.2, 0.25) is 0 Å². The van der Waals surface area contributed by atoms with Gasteiger partial charge in [0, 0.05) is 18.0 Å². The molecule has 0 aliphatic carbocycles. The standard InChI is InChI=1S/C5H10Cl4OSi/c6-3-1-2-5(4-10)11(7,8)9/h5,10H,1-4H2. The number of aliphatic hydroxyl groups excluding tert-OH is 1. The predicted molar refractivity (Wildman–Crippen MR) is 54.1 cm³/mol. The van der Waals surface area contributed by atoms with Crippen LogP contribution in [0.1, 0.15) is 12.8 Å². The monoisotopic (exact) mass is 254 g/mol. The van der Waals surface area contributed by atoms with Crippen LogP contribution in [-0.2, 0) is 0 Å². The Balaban J connectivity index is 3.76. The van der Waals surface area contributed by atoms with Gasteiger partial charge in [0.1, 0.15) is 0 Å². The summed E-state index contributed by atoms with van der Waals surface area (Å²) in [5.41, 5.74) is -0.175. The smallest absolute Gasteiger partial charge is 0.346 e. The minimum Gasteiger partial charge on any atom is -0.396 e. The summed E-state index contributed by atoms with van der Waals surface area (Å²) in [4.78, 5) is 0. The second-order valence-corrected chi connectivity index (χ2v) is 11.6. The molecule has 0 rings (SSSR count). The average Bonchev–Trinajstić information content (AvgIpc) is 1.87. The van der Waals surface area contributed by atoms with Gasteiger partial charge in [0.05, 0.1) is 0 Å². The zero-order chi connectivity index (χ0) is 8.91. The number of aliphatic hydroxyl groups is 1. The molecule has 0 saturated heterocycles. The first-order valence-corrected chi connectivity index (χ1v) is 8.90. The quantitative estimate of drug-likeness (QED) is 0.455. The van der Waals surface area contributed by atoms with Gasteiger partial charge in [-0.25, -0.2) is 0 Å². The second kappa shape index (κ2) is 5.89. The molecule has 0 amide bonds. The molecule has 0 aromatic heterocycles. The minimum atomic E-state index is -2.72. The van der Waals surface area contributed by atoms with Crippen molar-refractivity contribution in [3.63, 3.8) is 0 Å². The summed E-state index contributed by atoms with van der Waals surface area (Å²) in [5.74, 6) is 0.547. The molecule has 0 fully saturated rings.